The van der Waals surface area contributed by atoms with E-state index in [-0.39, 0.29) is 12.4 Å². The number of esters is 1. The molecule has 0 saturated heterocycles. The van der Waals surface area contributed by atoms with Gasteiger partial charge in [-0.25, -0.2) is 0 Å². The van der Waals surface area contributed by atoms with Crippen LogP contribution in [0, 0.1) is 0 Å². The third-order valence-corrected chi connectivity index (χ3v) is 3.19. The van der Waals surface area contributed by atoms with E-state index in [1.807, 2.05) is 12.1 Å². The van der Waals surface area contributed by atoms with Gasteiger partial charge in [-0.1, -0.05) is 0 Å². The van der Waals surface area contributed by atoms with Gasteiger partial charge < -0.3 is 13.9 Å². The van der Waals surface area contributed by atoms with Crippen molar-refractivity contribution in [1.29, 1.82) is 0 Å². The van der Waals surface area contributed by atoms with Crippen molar-refractivity contribution in [2.45, 2.75) is 13.3 Å². The Labute approximate surface area is 113 Å². The van der Waals surface area contributed by atoms with Crippen LogP contribution in [0.2, 0.25) is 0 Å². The first-order chi connectivity index (χ1) is 8.65. The molecule has 0 aliphatic carbocycles. The maximum atomic E-state index is 11.5. The van der Waals surface area contributed by atoms with Crippen LogP contribution in [0.25, 0.3) is 11.0 Å². The molecule has 96 valence electrons. The highest BCUT2D eigenvalue weighted by Gasteiger charge is 2.13. The van der Waals surface area contributed by atoms with Gasteiger partial charge in [-0.3, -0.25) is 4.79 Å². The van der Waals surface area contributed by atoms with Gasteiger partial charge in [0.15, 0.2) is 0 Å². The maximum Gasteiger partial charge on any atom is 0.310 e. The Bertz CT molecular complexity index is 574. The summed E-state index contributed by atoms with van der Waals surface area (Å²) >= 11 is 3.39. The number of halogens is 1. The van der Waals surface area contributed by atoms with Crippen LogP contribution in [-0.2, 0) is 16.0 Å². The van der Waals surface area contributed by atoms with Crippen LogP contribution in [0.1, 0.15) is 12.5 Å². The first-order valence-corrected chi connectivity index (χ1v) is 6.34. The molecule has 0 atom stereocenters. The van der Waals surface area contributed by atoms with Crippen LogP contribution < -0.4 is 4.74 Å². The van der Waals surface area contributed by atoms with Gasteiger partial charge in [0.25, 0.3) is 0 Å². The van der Waals surface area contributed by atoms with Crippen molar-refractivity contribution in [3.05, 3.63) is 28.4 Å². The number of fused-ring (bicyclic) bond motifs is 1. The predicted molar refractivity (Wildman–Crippen MR) is 70.8 cm³/mol. The maximum absolute atomic E-state index is 11.5. The van der Waals surface area contributed by atoms with Gasteiger partial charge >= 0.3 is 5.97 Å². The summed E-state index contributed by atoms with van der Waals surface area (Å²) in [6.45, 7) is 2.16. The molecule has 1 aromatic heterocycles. The molecule has 2 rings (SSSR count). The van der Waals surface area contributed by atoms with E-state index in [1.54, 1.807) is 20.3 Å². The second-order valence-electron chi connectivity index (χ2n) is 3.73. The number of furan rings is 1. The van der Waals surface area contributed by atoms with Crippen LogP contribution in [0.3, 0.4) is 0 Å². The average molecular weight is 313 g/mol. The van der Waals surface area contributed by atoms with Crippen LogP contribution >= 0.6 is 15.9 Å². The molecule has 0 bridgehead atoms. The Kier molecular flexibility index (Phi) is 3.91. The van der Waals surface area contributed by atoms with E-state index in [9.17, 15) is 4.79 Å². The molecular formula is C13H13BrO4. The first-order valence-electron chi connectivity index (χ1n) is 5.55. The largest absolute Gasteiger partial charge is 0.496 e. The Hall–Kier alpha value is -1.49. The van der Waals surface area contributed by atoms with Crippen LogP contribution in [-0.4, -0.2) is 19.7 Å². The summed E-state index contributed by atoms with van der Waals surface area (Å²) in [7, 11) is 1.59. The molecule has 2 aromatic rings. The normalized spacial score (nSPS) is 10.6. The molecule has 1 heterocycles. The van der Waals surface area contributed by atoms with E-state index in [2.05, 4.69) is 15.9 Å². The zero-order valence-electron chi connectivity index (χ0n) is 10.2. The zero-order chi connectivity index (χ0) is 13.1. The van der Waals surface area contributed by atoms with Crippen molar-refractivity contribution in [2.75, 3.05) is 13.7 Å². The molecule has 0 unspecified atom stereocenters. The third-order valence-electron chi connectivity index (χ3n) is 2.57. The summed E-state index contributed by atoms with van der Waals surface area (Å²) < 4.78 is 16.4. The Balaban J connectivity index is 2.37. The standard InChI is InChI=1S/C13H13BrO4/c1-3-17-13(15)4-8-7-18-11-6-10(14)12(16-2)5-9(8)11/h5-7H,3-4H2,1-2H3. The molecule has 5 heteroatoms. The lowest BCUT2D eigenvalue weighted by molar-refractivity contribution is -0.142. The fraction of sp³-hybridized carbons (Fsp3) is 0.308. The number of rotatable bonds is 4. The van der Waals surface area contributed by atoms with E-state index in [0.29, 0.717) is 17.9 Å². The van der Waals surface area contributed by atoms with Gasteiger partial charge in [0.05, 0.1) is 30.9 Å². The highest BCUT2D eigenvalue weighted by Crippen LogP contribution is 2.33. The molecule has 0 saturated carbocycles. The van der Waals surface area contributed by atoms with E-state index >= 15 is 0 Å². The molecular weight excluding hydrogens is 300 g/mol. The first kappa shape index (κ1) is 13.0. The molecule has 18 heavy (non-hydrogen) atoms. The number of hydrogen-bond donors (Lipinski definition) is 0. The Morgan fingerprint density at radius 3 is 2.89 bits per heavy atom. The minimum atomic E-state index is -0.262. The summed E-state index contributed by atoms with van der Waals surface area (Å²) in [4.78, 5) is 11.5. The second-order valence-corrected chi connectivity index (χ2v) is 4.58. The number of ether oxygens (including phenoxy) is 2. The lowest BCUT2D eigenvalue weighted by Crippen LogP contribution is -2.06. The monoisotopic (exact) mass is 312 g/mol. The van der Waals surface area contributed by atoms with Crippen LogP contribution in [0.15, 0.2) is 27.3 Å². The van der Waals surface area contributed by atoms with Crippen LogP contribution in [0.5, 0.6) is 5.75 Å². The van der Waals surface area contributed by atoms with Crippen molar-refractivity contribution < 1.29 is 18.7 Å². The number of benzene rings is 1. The third kappa shape index (κ3) is 2.51. The van der Waals surface area contributed by atoms with E-state index in [1.165, 1.54) is 0 Å². The van der Waals surface area contributed by atoms with Gasteiger partial charge in [-0.05, 0) is 35.0 Å². The van der Waals surface area contributed by atoms with Crippen molar-refractivity contribution in [3.8, 4) is 5.75 Å². The second kappa shape index (κ2) is 5.44. The smallest absolute Gasteiger partial charge is 0.310 e. The summed E-state index contributed by atoms with van der Waals surface area (Å²) in [5.74, 6) is 0.441. The highest BCUT2D eigenvalue weighted by atomic mass is 79.9. The molecule has 1 aromatic carbocycles. The van der Waals surface area contributed by atoms with Crippen molar-refractivity contribution in [3.63, 3.8) is 0 Å². The molecule has 0 fully saturated rings. The summed E-state index contributed by atoms with van der Waals surface area (Å²) in [5.41, 5.74) is 1.51. The topological polar surface area (TPSA) is 48.7 Å². The fourth-order valence-corrected chi connectivity index (χ4v) is 2.23. The molecule has 0 N–H and O–H groups in total. The summed E-state index contributed by atoms with van der Waals surface area (Å²) in [6.07, 6.45) is 1.78. The highest BCUT2D eigenvalue weighted by molar-refractivity contribution is 9.10. The van der Waals surface area contributed by atoms with Crippen molar-refractivity contribution in [1.82, 2.24) is 0 Å². The van der Waals surface area contributed by atoms with Gasteiger partial charge in [0.1, 0.15) is 11.3 Å². The molecule has 0 aliphatic heterocycles. The van der Waals surface area contributed by atoms with Gasteiger partial charge in [-0.2, -0.15) is 0 Å². The van der Waals surface area contributed by atoms with Gasteiger partial charge in [0.2, 0.25) is 0 Å². The van der Waals surface area contributed by atoms with E-state index in [0.717, 1.165) is 15.4 Å². The van der Waals surface area contributed by atoms with Crippen molar-refractivity contribution >= 4 is 32.9 Å². The fourth-order valence-electron chi connectivity index (χ4n) is 1.74. The average Bonchev–Trinajstić information content (AvgIpc) is 2.70. The Morgan fingerprint density at radius 1 is 1.44 bits per heavy atom. The van der Waals surface area contributed by atoms with Crippen molar-refractivity contribution in [2.24, 2.45) is 0 Å². The lowest BCUT2D eigenvalue weighted by Gasteiger charge is -2.03. The zero-order valence-corrected chi connectivity index (χ0v) is 11.7. The number of hydrogen-bond acceptors (Lipinski definition) is 4. The van der Waals surface area contributed by atoms with E-state index in [4.69, 9.17) is 13.9 Å². The van der Waals surface area contributed by atoms with Gasteiger partial charge in [-0.15, -0.1) is 0 Å². The quantitative estimate of drug-likeness (QED) is 0.813. The SMILES string of the molecule is CCOC(=O)Cc1coc2cc(Br)c(OC)cc12. The van der Waals surface area contributed by atoms with E-state index < -0.39 is 0 Å². The molecule has 4 nitrogen and oxygen atoms in total. The number of carbonyl (C=O) groups is 1. The minimum Gasteiger partial charge on any atom is -0.496 e. The minimum absolute atomic E-state index is 0.200. The summed E-state index contributed by atoms with van der Waals surface area (Å²) in [6, 6.07) is 3.67. The Morgan fingerprint density at radius 2 is 2.22 bits per heavy atom. The predicted octanol–water partition coefficient (Wildman–Crippen LogP) is 3.31. The lowest BCUT2D eigenvalue weighted by atomic mass is 10.1. The number of carbonyl (C=O) groups excluding carboxylic acids is 1. The van der Waals surface area contributed by atoms with Crippen LogP contribution in [0.4, 0.5) is 0 Å². The molecule has 0 radical (unpaired) electrons. The van der Waals surface area contributed by atoms with Gasteiger partial charge in [0, 0.05) is 10.9 Å². The molecule has 0 aliphatic rings. The molecule has 0 amide bonds. The molecule has 0 spiro atoms. The summed E-state index contributed by atoms with van der Waals surface area (Å²) in [5, 5.41) is 0.864. The number of methoxy groups -OCH3 is 1.